The summed E-state index contributed by atoms with van der Waals surface area (Å²) in [6, 6.07) is 5.33. The highest BCUT2D eigenvalue weighted by molar-refractivity contribution is 5.87. The van der Waals surface area contributed by atoms with Gasteiger partial charge in [-0.2, -0.15) is 0 Å². The molecule has 0 unspecified atom stereocenters. The molecule has 3 nitrogen and oxygen atoms in total. The molecule has 134 valence electrons. The van der Waals surface area contributed by atoms with Crippen LogP contribution < -0.4 is 5.32 Å². The van der Waals surface area contributed by atoms with Crippen LogP contribution in [0, 0.1) is 5.41 Å². The minimum Gasteiger partial charge on any atom is -0.508 e. The first-order valence-electron chi connectivity index (χ1n) is 8.34. The molecule has 0 spiro atoms. The van der Waals surface area contributed by atoms with E-state index in [0.29, 0.717) is 6.54 Å². The Hall–Kier alpha value is -2.55. The zero-order valence-corrected chi connectivity index (χ0v) is 16.1. The van der Waals surface area contributed by atoms with Crippen molar-refractivity contribution in [2.75, 3.05) is 6.54 Å². The molecule has 0 saturated heterocycles. The summed E-state index contributed by atoms with van der Waals surface area (Å²) in [5.41, 5.74) is 5.40. The first-order valence-corrected chi connectivity index (χ1v) is 8.34. The minimum absolute atomic E-state index is 0.0420. The normalized spacial score (nSPS) is 12.7. The third kappa shape index (κ3) is 6.46. The number of hydrogen-bond acceptors (Lipinski definition) is 3. The fraction of sp³-hybridized carbons (Fsp3) is 0.318. The third-order valence-corrected chi connectivity index (χ3v) is 4.04. The molecule has 0 saturated carbocycles. The molecule has 0 fully saturated rings. The summed E-state index contributed by atoms with van der Waals surface area (Å²) in [5.74, 6) is 0.198. The molecule has 0 bridgehead atoms. The molecule has 0 aromatic heterocycles. The number of benzene rings is 1. The third-order valence-electron chi connectivity index (χ3n) is 4.04. The largest absolute Gasteiger partial charge is 0.508 e. The lowest BCUT2D eigenvalue weighted by Crippen LogP contribution is -2.17. The van der Waals surface area contributed by atoms with E-state index in [0.717, 1.165) is 33.7 Å². The van der Waals surface area contributed by atoms with Crippen LogP contribution in [0.1, 0.15) is 45.7 Å². The van der Waals surface area contributed by atoms with Crippen molar-refractivity contribution in [3.05, 3.63) is 66.9 Å². The van der Waals surface area contributed by atoms with Gasteiger partial charge in [-0.3, -0.25) is 4.99 Å². The number of nitrogens with zero attached hydrogens (tertiary/aromatic N) is 1. The quantitative estimate of drug-likeness (QED) is 0.505. The lowest BCUT2D eigenvalue weighted by molar-refractivity contribution is 0.475. The average Bonchev–Trinajstić information content (AvgIpc) is 2.52. The Kier molecular flexibility index (Phi) is 6.98. The van der Waals surface area contributed by atoms with E-state index in [1.165, 1.54) is 0 Å². The van der Waals surface area contributed by atoms with Crippen LogP contribution in [0.5, 0.6) is 5.75 Å². The van der Waals surface area contributed by atoms with E-state index in [4.69, 9.17) is 0 Å². The number of aliphatic imine (C=N–C) groups is 1. The topological polar surface area (TPSA) is 44.6 Å². The molecule has 0 radical (unpaired) electrons. The smallest absolute Gasteiger partial charge is 0.116 e. The van der Waals surface area contributed by atoms with Gasteiger partial charge in [-0.05, 0) is 48.6 Å². The monoisotopic (exact) mass is 338 g/mol. The molecule has 0 amide bonds. The van der Waals surface area contributed by atoms with Crippen LogP contribution in [0.3, 0.4) is 0 Å². The van der Waals surface area contributed by atoms with Crippen LogP contribution in [0.15, 0.2) is 60.8 Å². The molecule has 0 atom stereocenters. The average molecular weight is 338 g/mol. The predicted molar refractivity (Wildman–Crippen MR) is 111 cm³/mol. The van der Waals surface area contributed by atoms with Crippen LogP contribution in [0.25, 0.3) is 11.3 Å². The van der Waals surface area contributed by atoms with Gasteiger partial charge >= 0.3 is 0 Å². The molecule has 2 N–H and O–H groups in total. The summed E-state index contributed by atoms with van der Waals surface area (Å²) < 4.78 is 0. The van der Waals surface area contributed by atoms with Gasteiger partial charge in [0.1, 0.15) is 5.75 Å². The zero-order valence-electron chi connectivity index (χ0n) is 16.1. The molecule has 1 aromatic rings. The van der Waals surface area contributed by atoms with Gasteiger partial charge in [-0.25, -0.2) is 0 Å². The highest BCUT2D eigenvalue weighted by atomic mass is 16.3. The molecule has 1 aromatic carbocycles. The number of rotatable bonds is 7. The summed E-state index contributed by atoms with van der Waals surface area (Å²) in [6.45, 7) is 22.7. The van der Waals surface area contributed by atoms with E-state index in [9.17, 15) is 5.11 Å². The summed E-state index contributed by atoms with van der Waals surface area (Å²) in [5, 5.41) is 13.1. The van der Waals surface area contributed by atoms with Crippen LogP contribution in [-0.2, 0) is 0 Å². The maximum Gasteiger partial charge on any atom is 0.116 e. The number of phenolic OH excluding ortho intramolecular Hbond substituents is 1. The van der Waals surface area contributed by atoms with E-state index in [1.807, 2.05) is 26.1 Å². The van der Waals surface area contributed by atoms with E-state index < -0.39 is 0 Å². The van der Waals surface area contributed by atoms with E-state index in [1.54, 1.807) is 18.2 Å². The zero-order chi connectivity index (χ0) is 19.2. The lowest BCUT2D eigenvalue weighted by Gasteiger charge is -2.17. The Labute approximate surface area is 152 Å². The highest BCUT2D eigenvalue weighted by Gasteiger charge is 2.13. The minimum atomic E-state index is 0.0420. The van der Waals surface area contributed by atoms with Gasteiger partial charge in [0.05, 0.1) is 0 Å². The van der Waals surface area contributed by atoms with Crippen LogP contribution in [-0.4, -0.2) is 17.4 Å². The second-order valence-corrected chi connectivity index (χ2v) is 7.25. The van der Waals surface area contributed by atoms with Crippen molar-refractivity contribution in [1.29, 1.82) is 0 Å². The molecule has 0 heterocycles. The number of phenols is 1. The summed E-state index contributed by atoms with van der Waals surface area (Å²) in [7, 11) is 0. The Bertz CT molecular complexity index is 731. The van der Waals surface area contributed by atoms with Crippen molar-refractivity contribution in [3.8, 4) is 5.75 Å². The number of hydrogen-bond donors (Lipinski definition) is 2. The number of aromatic hydroxyl groups is 1. The lowest BCUT2D eigenvalue weighted by atomic mass is 9.91. The van der Waals surface area contributed by atoms with Gasteiger partial charge in [0.2, 0.25) is 0 Å². The fourth-order valence-corrected chi connectivity index (χ4v) is 1.89. The van der Waals surface area contributed by atoms with Gasteiger partial charge in [0.25, 0.3) is 0 Å². The van der Waals surface area contributed by atoms with Gasteiger partial charge in [-0.15, -0.1) is 0 Å². The van der Waals surface area contributed by atoms with Crippen molar-refractivity contribution in [3.63, 3.8) is 0 Å². The van der Waals surface area contributed by atoms with Gasteiger partial charge < -0.3 is 10.4 Å². The standard InChI is InChI=1S/C22H30N2O/c1-9-18(14-24-17(5)22(6,7)8)13-23-16(4)20-10-19(15(2)3)11-21(25)12-20/h9-12,14,23,25H,1-2,4,13H2,3,5-8H3/b18-14+,24-17+. The van der Waals surface area contributed by atoms with Crippen molar-refractivity contribution >= 4 is 17.0 Å². The van der Waals surface area contributed by atoms with Crippen LogP contribution >= 0.6 is 0 Å². The second-order valence-electron chi connectivity index (χ2n) is 7.25. The molecular formula is C22H30N2O. The van der Waals surface area contributed by atoms with Gasteiger partial charge in [0.15, 0.2) is 0 Å². The summed E-state index contributed by atoms with van der Waals surface area (Å²) in [4.78, 5) is 4.53. The highest BCUT2D eigenvalue weighted by Crippen LogP contribution is 2.24. The number of nitrogens with one attached hydrogen (secondary N) is 1. The molecule has 0 aliphatic heterocycles. The van der Waals surface area contributed by atoms with Crippen molar-refractivity contribution in [2.45, 2.75) is 34.6 Å². The maximum absolute atomic E-state index is 9.88. The maximum atomic E-state index is 9.88. The molecule has 25 heavy (non-hydrogen) atoms. The van der Waals surface area contributed by atoms with E-state index in [2.05, 4.69) is 50.8 Å². The predicted octanol–water partition coefficient (Wildman–Crippen LogP) is 5.56. The van der Waals surface area contributed by atoms with Gasteiger partial charge in [0, 0.05) is 29.7 Å². The van der Waals surface area contributed by atoms with Crippen molar-refractivity contribution < 1.29 is 5.11 Å². The summed E-state index contributed by atoms with van der Waals surface area (Å²) in [6.07, 6.45) is 3.61. The molecular weight excluding hydrogens is 308 g/mol. The Morgan fingerprint density at radius 1 is 1.16 bits per heavy atom. The number of allylic oxidation sites excluding steroid dienone is 1. The van der Waals surface area contributed by atoms with Crippen LogP contribution in [0.2, 0.25) is 0 Å². The van der Waals surface area contributed by atoms with Crippen molar-refractivity contribution in [1.82, 2.24) is 5.32 Å². The SMILES string of the molecule is C=C/C(=C\N=C(/C)C(C)(C)C)CNC(=C)c1cc(O)cc(C(=C)C)c1. The second kappa shape index (κ2) is 8.52. The van der Waals surface area contributed by atoms with Crippen molar-refractivity contribution in [2.24, 2.45) is 10.4 Å². The van der Waals surface area contributed by atoms with E-state index in [-0.39, 0.29) is 11.2 Å². The Balaban J connectivity index is 2.87. The van der Waals surface area contributed by atoms with E-state index >= 15 is 0 Å². The molecule has 0 aliphatic carbocycles. The Morgan fingerprint density at radius 3 is 2.28 bits per heavy atom. The fourth-order valence-electron chi connectivity index (χ4n) is 1.89. The summed E-state index contributed by atoms with van der Waals surface area (Å²) >= 11 is 0. The first kappa shape index (κ1) is 20.5. The molecule has 1 rings (SSSR count). The first-order chi connectivity index (χ1) is 11.5. The van der Waals surface area contributed by atoms with Gasteiger partial charge in [-0.1, -0.05) is 52.2 Å². The molecule has 3 heteroatoms. The molecule has 0 aliphatic rings. The van der Waals surface area contributed by atoms with Crippen LogP contribution in [0.4, 0.5) is 0 Å². The Morgan fingerprint density at radius 2 is 1.76 bits per heavy atom.